The number of methoxy groups -OCH3 is 1. The molecule has 0 saturated carbocycles. The van der Waals surface area contributed by atoms with Gasteiger partial charge in [0.25, 0.3) is 0 Å². The van der Waals surface area contributed by atoms with Crippen LogP contribution in [-0.4, -0.2) is 39.3 Å². The minimum atomic E-state index is 0.0885. The van der Waals surface area contributed by atoms with Gasteiger partial charge in [-0.2, -0.15) is 0 Å². The Hall–Kier alpha value is -1.55. The van der Waals surface area contributed by atoms with Crippen LogP contribution in [0.4, 0.5) is 5.69 Å². The number of hydrogen-bond donors (Lipinski definition) is 1. The average molecular weight is 304 g/mol. The molecule has 4 nitrogen and oxygen atoms in total. The van der Waals surface area contributed by atoms with Crippen LogP contribution in [0.5, 0.6) is 0 Å². The van der Waals surface area contributed by atoms with E-state index >= 15 is 0 Å². The fraction of sp³-hybridized carbons (Fsp3) is 0.611. The predicted octanol–water partition coefficient (Wildman–Crippen LogP) is 2.72. The van der Waals surface area contributed by atoms with E-state index in [1.54, 1.807) is 7.11 Å². The number of nitrogens with one attached hydrogen (secondary N) is 1. The number of hydrogen-bond acceptors (Lipinski definition) is 3. The summed E-state index contributed by atoms with van der Waals surface area (Å²) in [6.07, 6.45) is 3.11. The molecule has 1 N–H and O–H groups in total. The Labute approximate surface area is 133 Å². The van der Waals surface area contributed by atoms with Crippen molar-refractivity contribution in [2.75, 3.05) is 38.3 Å². The van der Waals surface area contributed by atoms with E-state index in [9.17, 15) is 4.79 Å². The molecular weight excluding hydrogens is 276 g/mol. The molecule has 122 valence electrons. The lowest BCUT2D eigenvalue weighted by atomic mass is 9.80. The number of carbonyl (C=O) groups excluding carboxylic acids is 1. The zero-order valence-electron chi connectivity index (χ0n) is 14.0. The molecule has 22 heavy (non-hydrogen) atoms. The second-order valence-electron chi connectivity index (χ2n) is 6.62. The smallest absolute Gasteiger partial charge is 0.239 e. The summed E-state index contributed by atoms with van der Waals surface area (Å²) in [4.78, 5) is 14.4. The van der Waals surface area contributed by atoms with Gasteiger partial charge < -0.3 is 15.0 Å². The van der Waals surface area contributed by atoms with E-state index in [1.165, 1.54) is 11.3 Å². The van der Waals surface area contributed by atoms with E-state index in [1.807, 2.05) is 0 Å². The minimum Gasteiger partial charge on any atom is -0.385 e. The molecular formula is C18H28N2O2. The van der Waals surface area contributed by atoms with Crippen molar-refractivity contribution in [2.45, 2.75) is 38.5 Å². The monoisotopic (exact) mass is 304 g/mol. The highest BCUT2D eigenvalue weighted by Gasteiger charge is 2.29. The maximum Gasteiger partial charge on any atom is 0.239 e. The van der Waals surface area contributed by atoms with Crippen molar-refractivity contribution in [3.05, 3.63) is 29.8 Å². The standard InChI is InChI=1S/C18H28N2O2/c1-18(2)10-6-12-20(16-9-5-4-8-15(16)18)14-17(21)19-11-7-13-22-3/h4-5,8-9H,6-7,10-14H2,1-3H3,(H,19,21). The highest BCUT2D eigenvalue weighted by Crippen LogP contribution is 2.38. The second kappa shape index (κ2) is 7.63. The topological polar surface area (TPSA) is 41.6 Å². The quantitative estimate of drug-likeness (QED) is 0.822. The van der Waals surface area contributed by atoms with Crippen molar-refractivity contribution in [3.63, 3.8) is 0 Å². The first-order valence-electron chi connectivity index (χ1n) is 8.15. The molecule has 0 atom stereocenters. The number of ether oxygens (including phenoxy) is 1. The minimum absolute atomic E-state index is 0.0885. The Morgan fingerprint density at radius 1 is 1.36 bits per heavy atom. The summed E-state index contributed by atoms with van der Waals surface area (Å²) in [6, 6.07) is 8.49. The highest BCUT2D eigenvalue weighted by atomic mass is 16.5. The van der Waals surface area contributed by atoms with E-state index in [0.717, 1.165) is 25.8 Å². The Bertz CT molecular complexity index is 500. The fourth-order valence-corrected chi connectivity index (χ4v) is 3.13. The first-order valence-corrected chi connectivity index (χ1v) is 8.15. The molecule has 0 bridgehead atoms. The maximum absolute atomic E-state index is 12.2. The first kappa shape index (κ1) is 16.8. The second-order valence-corrected chi connectivity index (χ2v) is 6.62. The van der Waals surface area contributed by atoms with Gasteiger partial charge in [-0.05, 0) is 36.3 Å². The zero-order valence-corrected chi connectivity index (χ0v) is 14.0. The molecule has 0 unspecified atom stereocenters. The zero-order chi connectivity index (χ0) is 16.0. The van der Waals surface area contributed by atoms with Crippen LogP contribution in [0, 0.1) is 0 Å². The summed E-state index contributed by atoms with van der Waals surface area (Å²) in [5.74, 6) is 0.0885. The number of rotatable bonds is 6. The molecule has 1 aromatic carbocycles. The number of para-hydroxylation sites is 1. The SMILES string of the molecule is COCCCNC(=O)CN1CCCC(C)(C)c2ccccc21. The lowest BCUT2D eigenvalue weighted by molar-refractivity contribution is -0.119. The molecule has 1 aromatic rings. The lowest BCUT2D eigenvalue weighted by Crippen LogP contribution is -2.38. The molecule has 0 fully saturated rings. The van der Waals surface area contributed by atoms with Gasteiger partial charge in [-0.1, -0.05) is 32.0 Å². The van der Waals surface area contributed by atoms with Crippen molar-refractivity contribution in [1.29, 1.82) is 0 Å². The number of amides is 1. The van der Waals surface area contributed by atoms with E-state index in [0.29, 0.717) is 19.7 Å². The Balaban J connectivity index is 2.03. The van der Waals surface area contributed by atoms with Crippen molar-refractivity contribution in [1.82, 2.24) is 5.32 Å². The Morgan fingerprint density at radius 3 is 2.91 bits per heavy atom. The summed E-state index contributed by atoms with van der Waals surface area (Å²) in [5, 5.41) is 2.98. The van der Waals surface area contributed by atoms with Crippen LogP contribution in [0.2, 0.25) is 0 Å². The van der Waals surface area contributed by atoms with Crippen LogP contribution < -0.4 is 10.2 Å². The first-order chi connectivity index (χ1) is 10.5. The Kier molecular flexibility index (Phi) is 5.83. The van der Waals surface area contributed by atoms with Crippen LogP contribution in [0.15, 0.2) is 24.3 Å². The summed E-state index contributed by atoms with van der Waals surface area (Å²) < 4.78 is 5.00. The molecule has 0 radical (unpaired) electrons. The van der Waals surface area contributed by atoms with Crippen LogP contribution in [0.25, 0.3) is 0 Å². The number of carbonyl (C=O) groups is 1. The average Bonchev–Trinajstić information content (AvgIpc) is 2.62. The largest absolute Gasteiger partial charge is 0.385 e. The predicted molar refractivity (Wildman–Crippen MR) is 90.4 cm³/mol. The summed E-state index contributed by atoms with van der Waals surface area (Å²) in [6.45, 7) is 7.31. The third kappa shape index (κ3) is 4.23. The van der Waals surface area contributed by atoms with Gasteiger partial charge in [0.05, 0.1) is 6.54 Å². The summed E-state index contributed by atoms with van der Waals surface area (Å²) >= 11 is 0. The van der Waals surface area contributed by atoms with Crippen LogP contribution >= 0.6 is 0 Å². The van der Waals surface area contributed by atoms with Crippen LogP contribution in [0.1, 0.15) is 38.7 Å². The van der Waals surface area contributed by atoms with E-state index < -0.39 is 0 Å². The molecule has 0 spiro atoms. The van der Waals surface area contributed by atoms with Gasteiger partial charge in [-0.25, -0.2) is 0 Å². The Morgan fingerprint density at radius 2 is 2.14 bits per heavy atom. The van der Waals surface area contributed by atoms with Gasteiger partial charge in [0.1, 0.15) is 0 Å². The number of nitrogens with zero attached hydrogens (tertiary/aromatic N) is 1. The summed E-state index contributed by atoms with van der Waals surface area (Å²) in [5.41, 5.74) is 2.72. The van der Waals surface area contributed by atoms with E-state index in [2.05, 4.69) is 48.3 Å². The molecule has 2 rings (SSSR count). The molecule has 1 aliphatic rings. The summed E-state index contributed by atoms with van der Waals surface area (Å²) in [7, 11) is 1.68. The molecule has 0 aliphatic carbocycles. The third-order valence-electron chi connectivity index (χ3n) is 4.39. The lowest BCUT2D eigenvalue weighted by Gasteiger charge is -2.28. The van der Waals surface area contributed by atoms with Gasteiger partial charge in [-0.15, -0.1) is 0 Å². The number of anilines is 1. The molecule has 4 heteroatoms. The van der Waals surface area contributed by atoms with Crippen LogP contribution in [0.3, 0.4) is 0 Å². The normalized spacial score (nSPS) is 16.8. The molecule has 0 aromatic heterocycles. The van der Waals surface area contributed by atoms with Gasteiger partial charge in [0.2, 0.25) is 5.91 Å². The molecule has 1 heterocycles. The van der Waals surface area contributed by atoms with Gasteiger partial charge >= 0.3 is 0 Å². The van der Waals surface area contributed by atoms with Crippen molar-refractivity contribution in [2.24, 2.45) is 0 Å². The van der Waals surface area contributed by atoms with E-state index in [4.69, 9.17) is 4.74 Å². The van der Waals surface area contributed by atoms with E-state index in [-0.39, 0.29) is 11.3 Å². The van der Waals surface area contributed by atoms with Gasteiger partial charge in [0.15, 0.2) is 0 Å². The fourth-order valence-electron chi connectivity index (χ4n) is 3.13. The van der Waals surface area contributed by atoms with Gasteiger partial charge in [-0.3, -0.25) is 4.79 Å². The van der Waals surface area contributed by atoms with Crippen molar-refractivity contribution in [3.8, 4) is 0 Å². The number of fused-ring (bicyclic) bond motifs is 1. The number of benzene rings is 1. The van der Waals surface area contributed by atoms with Gasteiger partial charge in [0, 0.05) is 32.5 Å². The highest BCUT2D eigenvalue weighted by molar-refractivity contribution is 5.81. The molecule has 1 amide bonds. The van der Waals surface area contributed by atoms with Crippen molar-refractivity contribution >= 4 is 11.6 Å². The molecule has 0 saturated heterocycles. The van der Waals surface area contributed by atoms with Crippen LogP contribution in [-0.2, 0) is 14.9 Å². The molecule has 1 aliphatic heterocycles. The maximum atomic E-state index is 12.2. The third-order valence-corrected chi connectivity index (χ3v) is 4.39. The van der Waals surface area contributed by atoms with Crippen molar-refractivity contribution < 1.29 is 9.53 Å².